The van der Waals surface area contributed by atoms with Crippen molar-refractivity contribution in [3.05, 3.63) is 53.6 Å². The van der Waals surface area contributed by atoms with Gasteiger partial charge in [0.05, 0.1) is 16.4 Å². The van der Waals surface area contributed by atoms with Gasteiger partial charge < -0.3 is 11.1 Å². The van der Waals surface area contributed by atoms with Crippen molar-refractivity contribution in [2.75, 3.05) is 11.1 Å². The van der Waals surface area contributed by atoms with Crippen molar-refractivity contribution in [3.63, 3.8) is 0 Å². The van der Waals surface area contributed by atoms with Crippen LogP contribution in [0.2, 0.25) is 5.02 Å². The van der Waals surface area contributed by atoms with E-state index >= 15 is 0 Å². The minimum atomic E-state index is 0.437. The smallest absolute Gasteiger partial charge is 0.163 e. The Labute approximate surface area is 131 Å². The highest BCUT2D eigenvalue weighted by Crippen LogP contribution is 2.32. The molecule has 6 heteroatoms. The lowest BCUT2D eigenvalue weighted by molar-refractivity contribution is 1.12. The summed E-state index contributed by atoms with van der Waals surface area (Å²) < 4.78 is 0. The second kappa shape index (κ2) is 4.89. The molecular formula is C16H12ClN5. The molecular weight excluding hydrogens is 298 g/mol. The number of halogens is 1. The van der Waals surface area contributed by atoms with Crippen molar-refractivity contribution >= 4 is 50.7 Å². The Bertz CT molecular complexity index is 992. The number of para-hydroxylation sites is 1. The second-order valence-corrected chi connectivity index (χ2v) is 5.41. The summed E-state index contributed by atoms with van der Waals surface area (Å²) >= 11 is 6.01. The zero-order valence-electron chi connectivity index (χ0n) is 11.5. The van der Waals surface area contributed by atoms with E-state index in [9.17, 15) is 0 Å². The van der Waals surface area contributed by atoms with Gasteiger partial charge in [-0.1, -0.05) is 35.9 Å². The van der Waals surface area contributed by atoms with Crippen molar-refractivity contribution in [1.29, 1.82) is 0 Å². The average Bonchev–Trinajstić information content (AvgIpc) is 2.92. The number of nitrogens with one attached hydrogen (secondary N) is 2. The number of nitrogens with two attached hydrogens (primary N) is 1. The second-order valence-electron chi connectivity index (χ2n) is 4.97. The number of aromatic nitrogens is 3. The number of nitrogen functional groups attached to an aromatic ring is 1. The Hall–Kier alpha value is -2.79. The lowest BCUT2D eigenvalue weighted by Crippen LogP contribution is -1.95. The molecule has 0 amide bonds. The molecule has 0 aliphatic rings. The van der Waals surface area contributed by atoms with Gasteiger partial charge in [0.25, 0.3) is 0 Å². The molecule has 0 fully saturated rings. The number of nitrogens with zero attached hydrogens (tertiary/aromatic N) is 2. The van der Waals surface area contributed by atoms with Crippen LogP contribution in [0.1, 0.15) is 0 Å². The zero-order chi connectivity index (χ0) is 15.1. The Morgan fingerprint density at radius 2 is 1.95 bits per heavy atom. The molecule has 0 aliphatic heterocycles. The maximum atomic E-state index is 6.11. The lowest BCUT2D eigenvalue weighted by atomic mass is 10.1. The molecule has 0 atom stereocenters. The molecule has 22 heavy (non-hydrogen) atoms. The number of hydrogen-bond donors (Lipinski definition) is 3. The van der Waals surface area contributed by atoms with Gasteiger partial charge in [-0.25, -0.2) is 4.98 Å². The van der Waals surface area contributed by atoms with E-state index in [1.807, 2.05) is 48.5 Å². The van der Waals surface area contributed by atoms with Crippen LogP contribution >= 0.6 is 11.6 Å². The lowest BCUT2D eigenvalue weighted by Gasteiger charge is -2.06. The average molecular weight is 310 g/mol. The monoisotopic (exact) mass is 309 g/mol. The van der Waals surface area contributed by atoms with Crippen LogP contribution in [0.15, 0.2) is 48.5 Å². The van der Waals surface area contributed by atoms with Crippen LogP contribution in [-0.4, -0.2) is 15.2 Å². The SMILES string of the molecule is Nc1nc2ccccc2c2[nH]nc(Nc3cccc(Cl)c3)c12. The van der Waals surface area contributed by atoms with Crippen LogP contribution < -0.4 is 11.1 Å². The van der Waals surface area contributed by atoms with E-state index in [-0.39, 0.29) is 0 Å². The van der Waals surface area contributed by atoms with E-state index in [1.54, 1.807) is 0 Å². The molecule has 0 radical (unpaired) electrons. The van der Waals surface area contributed by atoms with Gasteiger partial charge in [-0.2, -0.15) is 5.10 Å². The molecule has 0 saturated carbocycles. The standard InChI is InChI=1S/C16H12ClN5/c17-9-4-3-5-10(8-9)19-16-13-14(21-22-16)11-6-1-2-7-12(11)20-15(13)18/h1-8H,(H2,18,20)(H2,19,21,22). The Kier molecular flexibility index (Phi) is 2.87. The third-order valence-electron chi connectivity index (χ3n) is 3.52. The van der Waals surface area contributed by atoms with Crippen LogP contribution in [0.4, 0.5) is 17.3 Å². The van der Waals surface area contributed by atoms with Crippen molar-refractivity contribution < 1.29 is 0 Å². The molecule has 4 rings (SSSR count). The third kappa shape index (κ3) is 2.03. The largest absolute Gasteiger partial charge is 0.383 e. The van der Waals surface area contributed by atoms with Crippen LogP contribution in [0.3, 0.4) is 0 Å². The summed E-state index contributed by atoms with van der Waals surface area (Å²) in [5, 5.41) is 13.0. The maximum absolute atomic E-state index is 6.11. The zero-order valence-corrected chi connectivity index (χ0v) is 12.2. The quantitative estimate of drug-likeness (QED) is 0.521. The first-order valence-corrected chi connectivity index (χ1v) is 7.15. The van der Waals surface area contributed by atoms with Gasteiger partial charge in [0.15, 0.2) is 5.82 Å². The van der Waals surface area contributed by atoms with E-state index in [0.29, 0.717) is 16.7 Å². The van der Waals surface area contributed by atoms with E-state index in [2.05, 4.69) is 20.5 Å². The summed E-state index contributed by atoms with van der Waals surface area (Å²) in [7, 11) is 0. The summed E-state index contributed by atoms with van der Waals surface area (Å²) in [6.45, 7) is 0. The normalized spacial score (nSPS) is 11.1. The molecule has 108 valence electrons. The molecule has 0 saturated heterocycles. The Morgan fingerprint density at radius 1 is 1.09 bits per heavy atom. The Morgan fingerprint density at radius 3 is 2.82 bits per heavy atom. The maximum Gasteiger partial charge on any atom is 0.163 e. The van der Waals surface area contributed by atoms with E-state index in [0.717, 1.165) is 27.5 Å². The Balaban J connectivity index is 1.91. The number of fused-ring (bicyclic) bond motifs is 3. The molecule has 2 aromatic heterocycles. The molecule has 4 N–H and O–H groups in total. The summed E-state index contributed by atoms with van der Waals surface area (Å²) in [5.41, 5.74) is 8.66. The highest BCUT2D eigenvalue weighted by atomic mass is 35.5. The van der Waals surface area contributed by atoms with Gasteiger partial charge in [-0.3, -0.25) is 5.10 Å². The summed E-state index contributed by atoms with van der Waals surface area (Å²) in [5.74, 6) is 1.07. The minimum Gasteiger partial charge on any atom is -0.383 e. The number of benzene rings is 2. The highest BCUT2D eigenvalue weighted by Gasteiger charge is 2.13. The number of aromatic amines is 1. The molecule has 0 bridgehead atoms. The van der Waals surface area contributed by atoms with Gasteiger partial charge in [0.1, 0.15) is 5.82 Å². The third-order valence-corrected chi connectivity index (χ3v) is 3.76. The van der Waals surface area contributed by atoms with E-state index in [4.69, 9.17) is 17.3 Å². The topological polar surface area (TPSA) is 79.6 Å². The fourth-order valence-electron chi connectivity index (χ4n) is 2.55. The molecule has 0 spiro atoms. The van der Waals surface area contributed by atoms with E-state index < -0.39 is 0 Å². The van der Waals surface area contributed by atoms with Gasteiger partial charge in [0, 0.05) is 16.1 Å². The highest BCUT2D eigenvalue weighted by molar-refractivity contribution is 6.30. The fourth-order valence-corrected chi connectivity index (χ4v) is 2.74. The summed E-state index contributed by atoms with van der Waals surface area (Å²) in [6, 6.07) is 15.2. The summed E-state index contributed by atoms with van der Waals surface area (Å²) in [4.78, 5) is 4.45. The summed E-state index contributed by atoms with van der Waals surface area (Å²) in [6.07, 6.45) is 0. The van der Waals surface area contributed by atoms with Crippen LogP contribution in [-0.2, 0) is 0 Å². The van der Waals surface area contributed by atoms with Crippen molar-refractivity contribution in [3.8, 4) is 0 Å². The van der Waals surface area contributed by atoms with Gasteiger partial charge in [-0.05, 0) is 24.3 Å². The number of pyridine rings is 1. The number of H-pyrrole nitrogens is 1. The van der Waals surface area contributed by atoms with Crippen molar-refractivity contribution in [1.82, 2.24) is 15.2 Å². The first-order chi connectivity index (χ1) is 10.7. The first kappa shape index (κ1) is 12.9. The molecule has 5 nitrogen and oxygen atoms in total. The molecule has 2 heterocycles. The molecule has 4 aromatic rings. The van der Waals surface area contributed by atoms with Gasteiger partial charge in [0.2, 0.25) is 0 Å². The van der Waals surface area contributed by atoms with Crippen LogP contribution in [0.5, 0.6) is 0 Å². The molecule has 2 aromatic carbocycles. The molecule has 0 aliphatic carbocycles. The first-order valence-electron chi connectivity index (χ1n) is 6.77. The molecule has 0 unspecified atom stereocenters. The van der Waals surface area contributed by atoms with Crippen molar-refractivity contribution in [2.24, 2.45) is 0 Å². The van der Waals surface area contributed by atoms with Crippen LogP contribution in [0, 0.1) is 0 Å². The van der Waals surface area contributed by atoms with E-state index in [1.165, 1.54) is 0 Å². The number of hydrogen-bond acceptors (Lipinski definition) is 4. The van der Waals surface area contributed by atoms with Gasteiger partial charge >= 0.3 is 0 Å². The fraction of sp³-hybridized carbons (Fsp3) is 0. The predicted octanol–water partition coefficient (Wildman–Crippen LogP) is 4.09. The van der Waals surface area contributed by atoms with Crippen LogP contribution in [0.25, 0.3) is 21.8 Å². The number of anilines is 3. The number of rotatable bonds is 2. The van der Waals surface area contributed by atoms with Gasteiger partial charge in [-0.15, -0.1) is 0 Å². The van der Waals surface area contributed by atoms with Crippen molar-refractivity contribution in [2.45, 2.75) is 0 Å². The minimum absolute atomic E-state index is 0.437. The predicted molar refractivity (Wildman–Crippen MR) is 90.5 cm³/mol.